The zero-order valence-electron chi connectivity index (χ0n) is 10.1. The molecule has 0 fully saturated rings. The second-order valence-corrected chi connectivity index (χ2v) is 5.08. The van der Waals surface area contributed by atoms with E-state index in [0.29, 0.717) is 6.10 Å². The average Bonchev–Trinajstić information content (AvgIpc) is 2.35. The van der Waals surface area contributed by atoms with E-state index in [4.69, 9.17) is 9.94 Å². The van der Waals surface area contributed by atoms with E-state index in [1.165, 1.54) is 5.56 Å². The number of rotatable bonds is 4. The van der Waals surface area contributed by atoms with Gasteiger partial charge in [-0.15, -0.1) is 4.47 Å². The Morgan fingerprint density at radius 2 is 2.41 bits per heavy atom. The van der Waals surface area contributed by atoms with E-state index < -0.39 is 0 Å². The fourth-order valence-corrected chi connectivity index (χ4v) is 2.28. The van der Waals surface area contributed by atoms with Crippen LogP contribution in [0.5, 0.6) is 5.75 Å². The van der Waals surface area contributed by atoms with Crippen molar-refractivity contribution in [3.05, 3.63) is 23.8 Å². The average molecular weight is 254 g/mol. The highest BCUT2D eigenvalue weighted by Crippen LogP contribution is 2.31. The van der Waals surface area contributed by atoms with Crippen LogP contribution in [0.2, 0.25) is 0 Å². The van der Waals surface area contributed by atoms with Crippen LogP contribution < -0.4 is 9.46 Å². The Labute approximate surface area is 106 Å². The molecule has 0 spiro atoms. The topological polar surface area (TPSA) is 44.7 Å². The Hall–Kier alpha value is -0.910. The fourth-order valence-electron chi connectivity index (χ4n) is 1.91. The van der Waals surface area contributed by atoms with Crippen molar-refractivity contribution in [1.29, 1.82) is 0 Å². The summed E-state index contributed by atoms with van der Waals surface area (Å²) in [5.41, 5.74) is 2.22. The molecule has 1 aromatic carbocycles. The Morgan fingerprint density at radius 1 is 1.59 bits per heavy atom. The van der Waals surface area contributed by atoms with Gasteiger partial charge >= 0.3 is 0 Å². The maximum Gasteiger partial charge on any atom is 0.123 e. The Balaban J connectivity index is 2.05. The molecule has 1 aromatic rings. The first-order valence-electron chi connectivity index (χ1n) is 5.84. The van der Waals surface area contributed by atoms with Gasteiger partial charge in [-0.2, -0.15) is 0 Å². The summed E-state index contributed by atoms with van der Waals surface area (Å²) in [5, 5.41) is 9.03. The van der Waals surface area contributed by atoms with E-state index in [1.54, 1.807) is 7.05 Å². The molecule has 1 atom stereocenters. The predicted molar refractivity (Wildman–Crippen MR) is 70.2 cm³/mol. The molecule has 0 bridgehead atoms. The zero-order valence-corrected chi connectivity index (χ0v) is 11.0. The van der Waals surface area contributed by atoms with E-state index >= 15 is 0 Å². The molecule has 0 aromatic heterocycles. The summed E-state index contributed by atoms with van der Waals surface area (Å²) in [5.74, 6) is 0.996. The standard InChI is InChI=1S/C12H18N2O2S/c1-3-11-6-4-9-8-10(13-17-14(2)15)5-7-12(9)16-11/h5,7-8,11,13,15H,3-4,6H2,1-2H3. The maximum absolute atomic E-state index is 9.03. The van der Waals surface area contributed by atoms with Crippen LogP contribution in [0.3, 0.4) is 0 Å². The second kappa shape index (κ2) is 5.62. The van der Waals surface area contributed by atoms with Gasteiger partial charge in [0.25, 0.3) is 0 Å². The van der Waals surface area contributed by atoms with Crippen LogP contribution in [0.15, 0.2) is 18.2 Å². The lowest BCUT2D eigenvalue weighted by Crippen LogP contribution is -2.21. The summed E-state index contributed by atoms with van der Waals surface area (Å²) in [4.78, 5) is 0. The second-order valence-electron chi connectivity index (χ2n) is 4.17. The third-order valence-corrected chi connectivity index (χ3v) is 3.43. The summed E-state index contributed by atoms with van der Waals surface area (Å²) in [6.07, 6.45) is 3.56. The molecule has 94 valence electrons. The normalized spacial score (nSPS) is 18.7. The molecule has 4 nitrogen and oxygen atoms in total. The monoisotopic (exact) mass is 254 g/mol. The molecule has 0 aliphatic carbocycles. The number of hydroxylamine groups is 1. The predicted octanol–water partition coefficient (Wildman–Crippen LogP) is 3.09. The van der Waals surface area contributed by atoms with Crippen LogP contribution in [0.4, 0.5) is 5.69 Å². The zero-order chi connectivity index (χ0) is 12.3. The van der Waals surface area contributed by atoms with Gasteiger partial charge in [-0.25, -0.2) is 0 Å². The minimum absolute atomic E-state index is 0.360. The molecule has 0 saturated heterocycles. The molecule has 0 radical (unpaired) electrons. The first kappa shape index (κ1) is 12.5. The van der Waals surface area contributed by atoms with E-state index in [-0.39, 0.29) is 0 Å². The number of hydrogen-bond acceptors (Lipinski definition) is 5. The third-order valence-electron chi connectivity index (χ3n) is 2.84. The van der Waals surface area contributed by atoms with Crippen LogP contribution in [0.25, 0.3) is 0 Å². The summed E-state index contributed by atoms with van der Waals surface area (Å²) in [6.45, 7) is 2.15. The highest BCUT2D eigenvalue weighted by atomic mass is 32.2. The number of hydrogen-bond donors (Lipinski definition) is 2. The number of ether oxygens (including phenoxy) is 1. The molecule has 2 rings (SSSR count). The van der Waals surface area contributed by atoms with Gasteiger partial charge in [-0.3, -0.25) is 0 Å². The number of nitrogens with one attached hydrogen (secondary N) is 1. The van der Waals surface area contributed by atoms with Crippen LogP contribution in [0.1, 0.15) is 25.3 Å². The molecule has 0 amide bonds. The van der Waals surface area contributed by atoms with Gasteiger partial charge in [0.05, 0.1) is 18.2 Å². The van der Waals surface area contributed by atoms with Crippen molar-refractivity contribution in [3.63, 3.8) is 0 Å². The van der Waals surface area contributed by atoms with Gasteiger partial charge in [-0.05, 0) is 43.0 Å². The molecule has 1 unspecified atom stereocenters. The van der Waals surface area contributed by atoms with Crippen LogP contribution in [0, 0.1) is 0 Å². The summed E-state index contributed by atoms with van der Waals surface area (Å²) in [7, 11) is 1.57. The first-order chi connectivity index (χ1) is 8.19. The van der Waals surface area contributed by atoms with E-state index in [2.05, 4.69) is 17.7 Å². The van der Waals surface area contributed by atoms with Crippen molar-refractivity contribution in [3.8, 4) is 5.75 Å². The quantitative estimate of drug-likeness (QED) is 0.638. The highest BCUT2D eigenvalue weighted by molar-refractivity contribution is 7.98. The van der Waals surface area contributed by atoms with Crippen molar-refractivity contribution >= 4 is 17.8 Å². The van der Waals surface area contributed by atoms with Crippen molar-refractivity contribution < 1.29 is 9.94 Å². The lowest BCUT2D eigenvalue weighted by atomic mass is 10.0. The summed E-state index contributed by atoms with van der Waals surface area (Å²) < 4.78 is 9.95. The number of anilines is 1. The largest absolute Gasteiger partial charge is 0.490 e. The Bertz CT molecular complexity index is 385. The van der Waals surface area contributed by atoms with Crippen molar-refractivity contribution in [2.75, 3.05) is 11.8 Å². The van der Waals surface area contributed by atoms with Crippen LogP contribution in [-0.4, -0.2) is 22.8 Å². The van der Waals surface area contributed by atoms with E-state index in [9.17, 15) is 0 Å². The van der Waals surface area contributed by atoms with Crippen molar-refractivity contribution in [2.24, 2.45) is 0 Å². The number of fused-ring (bicyclic) bond motifs is 1. The minimum Gasteiger partial charge on any atom is -0.490 e. The molecule has 1 aliphatic rings. The molecule has 1 aliphatic heterocycles. The maximum atomic E-state index is 9.03. The lowest BCUT2D eigenvalue weighted by Gasteiger charge is -2.25. The minimum atomic E-state index is 0.360. The fraction of sp³-hybridized carbons (Fsp3) is 0.500. The van der Waals surface area contributed by atoms with Gasteiger partial charge < -0.3 is 14.7 Å². The SMILES string of the molecule is CCC1CCc2cc(NSN(C)O)ccc2O1. The highest BCUT2D eigenvalue weighted by Gasteiger charge is 2.18. The van der Waals surface area contributed by atoms with Crippen molar-refractivity contribution in [1.82, 2.24) is 4.47 Å². The van der Waals surface area contributed by atoms with E-state index in [0.717, 1.165) is 47.3 Å². The van der Waals surface area contributed by atoms with Gasteiger partial charge in [0, 0.05) is 12.7 Å². The number of nitrogens with zero attached hydrogens (tertiary/aromatic N) is 1. The van der Waals surface area contributed by atoms with Crippen molar-refractivity contribution in [2.45, 2.75) is 32.3 Å². The molecule has 1 heterocycles. The van der Waals surface area contributed by atoms with Crippen LogP contribution >= 0.6 is 12.1 Å². The van der Waals surface area contributed by atoms with Gasteiger partial charge in [-0.1, -0.05) is 6.92 Å². The Kier molecular flexibility index (Phi) is 4.15. The molecule has 0 saturated carbocycles. The summed E-state index contributed by atoms with van der Waals surface area (Å²) >= 11 is 1.14. The number of benzene rings is 1. The summed E-state index contributed by atoms with van der Waals surface area (Å²) in [6, 6.07) is 6.04. The molecule has 2 N–H and O–H groups in total. The van der Waals surface area contributed by atoms with Crippen LogP contribution in [-0.2, 0) is 6.42 Å². The van der Waals surface area contributed by atoms with E-state index in [1.807, 2.05) is 12.1 Å². The van der Waals surface area contributed by atoms with Gasteiger partial charge in [0.2, 0.25) is 0 Å². The van der Waals surface area contributed by atoms with Gasteiger partial charge in [0.1, 0.15) is 5.75 Å². The number of aryl methyl sites for hydroxylation is 1. The molecular formula is C12H18N2O2S. The first-order valence-corrected chi connectivity index (χ1v) is 6.61. The smallest absolute Gasteiger partial charge is 0.123 e. The van der Waals surface area contributed by atoms with Gasteiger partial charge in [0.15, 0.2) is 0 Å². The molecule has 5 heteroatoms. The third kappa shape index (κ3) is 3.28. The molecular weight excluding hydrogens is 236 g/mol. The molecule has 17 heavy (non-hydrogen) atoms. The lowest BCUT2D eigenvalue weighted by molar-refractivity contribution is 0.0459. The Morgan fingerprint density at radius 3 is 3.12 bits per heavy atom.